The number of rotatable bonds is 4. The molecule has 2 aliphatic rings. The summed E-state index contributed by atoms with van der Waals surface area (Å²) in [6.07, 6.45) is 4.04. The van der Waals surface area contributed by atoms with E-state index in [-0.39, 0.29) is 23.8 Å². The summed E-state index contributed by atoms with van der Waals surface area (Å²) in [5.74, 6) is -0.0936. The van der Waals surface area contributed by atoms with E-state index in [4.69, 9.17) is 0 Å². The molecular formula is C12H21N3O2. The van der Waals surface area contributed by atoms with Crippen molar-refractivity contribution >= 4 is 11.8 Å². The largest absolute Gasteiger partial charge is 0.352 e. The molecule has 0 aromatic rings. The summed E-state index contributed by atoms with van der Waals surface area (Å²) in [4.78, 5) is 23.4. The van der Waals surface area contributed by atoms with E-state index in [0.29, 0.717) is 12.6 Å². The Kier molecular flexibility index (Phi) is 3.66. The van der Waals surface area contributed by atoms with Crippen LogP contribution in [0.15, 0.2) is 0 Å². The fourth-order valence-electron chi connectivity index (χ4n) is 2.13. The summed E-state index contributed by atoms with van der Waals surface area (Å²) in [6.45, 7) is 3.73. The Morgan fingerprint density at radius 1 is 1.41 bits per heavy atom. The average molecular weight is 239 g/mol. The van der Waals surface area contributed by atoms with Gasteiger partial charge in [0.15, 0.2) is 0 Å². The fourth-order valence-corrected chi connectivity index (χ4v) is 2.13. The predicted octanol–water partition coefficient (Wildman–Crippen LogP) is -0.229. The van der Waals surface area contributed by atoms with Gasteiger partial charge in [-0.15, -0.1) is 0 Å². The first kappa shape index (κ1) is 12.4. The van der Waals surface area contributed by atoms with E-state index in [0.717, 1.165) is 32.2 Å². The van der Waals surface area contributed by atoms with Crippen molar-refractivity contribution in [3.8, 4) is 0 Å². The molecular weight excluding hydrogens is 218 g/mol. The summed E-state index contributed by atoms with van der Waals surface area (Å²) in [7, 11) is 0. The van der Waals surface area contributed by atoms with Gasteiger partial charge in [-0.2, -0.15) is 0 Å². The topological polar surface area (TPSA) is 70.2 Å². The second kappa shape index (κ2) is 5.04. The Morgan fingerprint density at radius 3 is 2.76 bits per heavy atom. The average Bonchev–Trinajstić information content (AvgIpc) is 3.11. The minimum Gasteiger partial charge on any atom is -0.352 e. The van der Waals surface area contributed by atoms with Gasteiger partial charge in [-0.3, -0.25) is 9.59 Å². The molecule has 1 atom stereocenters. The lowest BCUT2D eigenvalue weighted by Gasteiger charge is -2.32. The van der Waals surface area contributed by atoms with E-state index in [2.05, 4.69) is 16.0 Å². The smallest absolute Gasteiger partial charge is 0.239 e. The zero-order valence-corrected chi connectivity index (χ0v) is 10.3. The highest BCUT2D eigenvalue weighted by atomic mass is 16.2. The SMILES string of the molecule is CC1(C(=O)NCC(=O)NC2CC2)CCCNC1. The van der Waals surface area contributed by atoms with Crippen molar-refractivity contribution in [2.24, 2.45) is 5.41 Å². The molecule has 3 N–H and O–H groups in total. The van der Waals surface area contributed by atoms with Crippen molar-refractivity contribution in [2.75, 3.05) is 19.6 Å². The number of amides is 2. The van der Waals surface area contributed by atoms with Gasteiger partial charge < -0.3 is 16.0 Å². The minimum atomic E-state index is -0.363. The molecule has 1 saturated carbocycles. The molecule has 0 spiro atoms. The highest BCUT2D eigenvalue weighted by molar-refractivity contribution is 5.88. The molecule has 96 valence electrons. The molecule has 2 rings (SSSR count). The molecule has 1 aliphatic heterocycles. The monoisotopic (exact) mass is 239 g/mol. The molecule has 5 heteroatoms. The van der Waals surface area contributed by atoms with Crippen molar-refractivity contribution in [2.45, 2.75) is 38.6 Å². The highest BCUT2D eigenvalue weighted by Crippen LogP contribution is 2.25. The van der Waals surface area contributed by atoms with E-state index >= 15 is 0 Å². The Bertz CT molecular complexity index is 307. The molecule has 1 saturated heterocycles. The molecule has 2 amide bonds. The third kappa shape index (κ3) is 3.43. The van der Waals surface area contributed by atoms with Gasteiger partial charge in [-0.1, -0.05) is 0 Å². The number of piperidine rings is 1. The van der Waals surface area contributed by atoms with Crippen LogP contribution in [0.25, 0.3) is 0 Å². The van der Waals surface area contributed by atoms with E-state index in [9.17, 15) is 9.59 Å². The van der Waals surface area contributed by atoms with Crippen LogP contribution in [0, 0.1) is 5.41 Å². The number of carbonyl (C=O) groups is 2. The summed E-state index contributed by atoms with van der Waals surface area (Å²) in [6, 6.07) is 0.353. The van der Waals surface area contributed by atoms with E-state index in [1.165, 1.54) is 0 Å². The Balaban J connectivity index is 1.73. The summed E-state index contributed by atoms with van der Waals surface area (Å²) in [5, 5.41) is 8.81. The number of carbonyl (C=O) groups excluding carboxylic acids is 2. The number of hydrogen-bond acceptors (Lipinski definition) is 3. The van der Waals surface area contributed by atoms with Crippen LogP contribution in [0.1, 0.15) is 32.6 Å². The van der Waals surface area contributed by atoms with Crippen LogP contribution in [-0.4, -0.2) is 37.5 Å². The molecule has 1 heterocycles. The van der Waals surface area contributed by atoms with Crippen LogP contribution in [0.5, 0.6) is 0 Å². The molecule has 1 aliphatic carbocycles. The van der Waals surface area contributed by atoms with Gasteiger partial charge in [0, 0.05) is 12.6 Å². The molecule has 5 nitrogen and oxygen atoms in total. The fraction of sp³-hybridized carbons (Fsp3) is 0.833. The molecule has 0 aromatic heterocycles. The zero-order chi connectivity index (χ0) is 12.3. The van der Waals surface area contributed by atoms with Crippen molar-refractivity contribution < 1.29 is 9.59 Å². The summed E-state index contributed by atoms with van der Waals surface area (Å²) in [5.41, 5.74) is -0.363. The molecule has 0 aromatic carbocycles. The first-order valence-corrected chi connectivity index (χ1v) is 6.38. The summed E-state index contributed by atoms with van der Waals surface area (Å²) >= 11 is 0. The van der Waals surface area contributed by atoms with Gasteiger partial charge >= 0.3 is 0 Å². The van der Waals surface area contributed by atoms with Crippen molar-refractivity contribution in [3.63, 3.8) is 0 Å². The Morgan fingerprint density at radius 2 is 2.18 bits per heavy atom. The molecule has 1 unspecified atom stereocenters. The predicted molar refractivity (Wildman–Crippen MR) is 64.4 cm³/mol. The molecule has 0 radical (unpaired) electrons. The quantitative estimate of drug-likeness (QED) is 0.635. The molecule has 17 heavy (non-hydrogen) atoms. The van der Waals surface area contributed by atoms with E-state index in [1.54, 1.807) is 0 Å². The van der Waals surface area contributed by atoms with Crippen LogP contribution in [0.2, 0.25) is 0 Å². The lowest BCUT2D eigenvalue weighted by molar-refractivity contribution is -0.133. The number of nitrogens with one attached hydrogen (secondary N) is 3. The lowest BCUT2D eigenvalue weighted by atomic mass is 9.82. The van der Waals surface area contributed by atoms with Gasteiger partial charge in [0.25, 0.3) is 0 Å². The Hall–Kier alpha value is -1.10. The van der Waals surface area contributed by atoms with Crippen LogP contribution in [0.4, 0.5) is 0 Å². The van der Waals surface area contributed by atoms with Gasteiger partial charge in [0.2, 0.25) is 11.8 Å². The van der Waals surface area contributed by atoms with E-state index < -0.39 is 0 Å². The maximum Gasteiger partial charge on any atom is 0.239 e. The first-order valence-electron chi connectivity index (χ1n) is 6.38. The Labute approximate surface area is 102 Å². The first-order chi connectivity index (χ1) is 8.10. The standard InChI is InChI=1S/C12H21N3O2/c1-12(5-2-6-13-8-12)11(17)14-7-10(16)15-9-3-4-9/h9,13H,2-8H2,1H3,(H,14,17)(H,15,16). The third-order valence-electron chi connectivity index (χ3n) is 3.50. The highest BCUT2D eigenvalue weighted by Gasteiger charge is 2.34. The molecule has 0 bridgehead atoms. The van der Waals surface area contributed by atoms with Crippen molar-refractivity contribution in [1.82, 2.24) is 16.0 Å². The van der Waals surface area contributed by atoms with E-state index in [1.807, 2.05) is 6.92 Å². The van der Waals surface area contributed by atoms with Gasteiger partial charge in [0.05, 0.1) is 12.0 Å². The van der Waals surface area contributed by atoms with Crippen molar-refractivity contribution in [3.05, 3.63) is 0 Å². The lowest BCUT2D eigenvalue weighted by Crippen LogP contribution is -2.50. The number of hydrogen-bond donors (Lipinski definition) is 3. The van der Waals surface area contributed by atoms with Crippen LogP contribution in [0.3, 0.4) is 0 Å². The maximum absolute atomic E-state index is 12.0. The van der Waals surface area contributed by atoms with Gasteiger partial charge in [0.1, 0.15) is 0 Å². The minimum absolute atomic E-state index is 0.0179. The van der Waals surface area contributed by atoms with Gasteiger partial charge in [-0.25, -0.2) is 0 Å². The second-order valence-corrected chi connectivity index (χ2v) is 5.37. The second-order valence-electron chi connectivity index (χ2n) is 5.37. The van der Waals surface area contributed by atoms with Crippen LogP contribution < -0.4 is 16.0 Å². The zero-order valence-electron chi connectivity index (χ0n) is 10.3. The normalized spacial score (nSPS) is 28.5. The third-order valence-corrected chi connectivity index (χ3v) is 3.50. The van der Waals surface area contributed by atoms with Crippen LogP contribution >= 0.6 is 0 Å². The summed E-state index contributed by atoms with van der Waals surface area (Å²) < 4.78 is 0. The van der Waals surface area contributed by atoms with Crippen LogP contribution in [-0.2, 0) is 9.59 Å². The van der Waals surface area contributed by atoms with Crippen molar-refractivity contribution in [1.29, 1.82) is 0 Å². The molecule has 2 fully saturated rings. The maximum atomic E-state index is 12.0. The van der Waals surface area contributed by atoms with Gasteiger partial charge in [-0.05, 0) is 39.2 Å².